The summed E-state index contributed by atoms with van der Waals surface area (Å²) in [6.07, 6.45) is 8.32. The van der Waals surface area contributed by atoms with Crippen LogP contribution < -0.4 is 5.73 Å². The molecule has 4 nitrogen and oxygen atoms in total. The van der Waals surface area contributed by atoms with Crippen LogP contribution in [0.1, 0.15) is 70.8 Å². The maximum Gasteiger partial charge on any atom is 0.150 e. The van der Waals surface area contributed by atoms with Crippen molar-refractivity contribution in [3.05, 3.63) is 12.2 Å². The summed E-state index contributed by atoms with van der Waals surface area (Å²) in [6, 6.07) is 0.508. The lowest BCUT2D eigenvalue weighted by Gasteiger charge is -2.30. The summed E-state index contributed by atoms with van der Waals surface area (Å²) in [6.45, 7) is 6.45. The van der Waals surface area contributed by atoms with Gasteiger partial charge in [-0.3, -0.25) is 0 Å². The van der Waals surface area contributed by atoms with Crippen LogP contribution in [0, 0.1) is 5.41 Å². The third-order valence-electron chi connectivity index (χ3n) is 3.78. The molecule has 1 fully saturated rings. The predicted molar refractivity (Wildman–Crippen MR) is 68.5 cm³/mol. The quantitative estimate of drug-likeness (QED) is 0.859. The molecule has 1 aliphatic rings. The lowest BCUT2D eigenvalue weighted by atomic mass is 9.86. The molecule has 2 rings (SSSR count). The van der Waals surface area contributed by atoms with Crippen LogP contribution in [0.25, 0.3) is 0 Å². The van der Waals surface area contributed by atoms with Gasteiger partial charge < -0.3 is 10.3 Å². The Kier molecular flexibility index (Phi) is 3.52. The standard InChI is InChI=1S/C13H24N4/c1-13(2,3)11(14)12-16-15-9-17(12)10-7-5-4-6-8-10/h9-11H,4-8,14H2,1-3H3. The average molecular weight is 236 g/mol. The van der Waals surface area contributed by atoms with Gasteiger partial charge in [0.05, 0.1) is 6.04 Å². The minimum absolute atomic E-state index is 0.0272. The SMILES string of the molecule is CC(C)(C)C(N)c1nncn1C1CCCCC1. The molecule has 0 spiro atoms. The number of hydrogen-bond acceptors (Lipinski definition) is 3. The fourth-order valence-electron chi connectivity index (χ4n) is 2.50. The van der Waals surface area contributed by atoms with Crippen molar-refractivity contribution < 1.29 is 0 Å². The summed E-state index contributed by atoms with van der Waals surface area (Å²) in [4.78, 5) is 0. The van der Waals surface area contributed by atoms with Crippen molar-refractivity contribution in [1.29, 1.82) is 0 Å². The Balaban J connectivity index is 2.21. The molecule has 0 aliphatic heterocycles. The highest BCUT2D eigenvalue weighted by Gasteiger charge is 2.29. The Bertz CT molecular complexity index is 358. The topological polar surface area (TPSA) is 56.7 Å². The third kappa shape index (κ3) is 2.68. The number of aromatic nitrogens is 3. The Hall–Kier alpha value is -0.900. The van der Waals surface area contributed by atoms with E-state index in [2.05, 4.69) is 35.5 Å². The van der Waals surface area contributed by atoms with Crippen LogP contribution in [-0.2, 0) is 0 Å². The van der Waals surface area contributed by atoms with E-state index < -0.39 is 0 Å². The van der Waals surface area contributed by atoms with E-state index in [4.69, 9.17) is 5.73 Å². The van der Waals surface area contributed by atoms with Crippen LogP contribution in [0.3, 0.4) is 0 Å². The van der Waals surface area contributed by atoms with Gasteiger partial charge in [-0.05, 0) is 18.3 Å². The molecule has 2 N–H and O–H groups in total. The molecule has 1 aliphatic carbocycles. The molecule has 17 heavy (non-hydrogen) atoms. The number of nitrogens with two attached hydrogens (primary N) is 1. The van der Waals surface area contributed by atoms with E-state index in [1.54, 1.807) is 0 Å². The molecule has 0 bridgehead atoms. The fraction of sp³-hybridized carbons (Fsp3) is 0.846. The summed E-state index contributed by atoms with van der Waals surface area (Å²) in [5.41, 5.74) is 6.33. The Morgan fingerprint density at radius 2 is 1.94 bits per heavy atom. The minimum atomic E-state index is -0.0491. The normalized spacial score (nSPS) is 20.5. The Labute approximate surface area is 104 Å². The van der Waals surface area contributed by atoms with Gasteiger partial charge in [0.25, 0.3) is 0 Å². The van der Waals surface area contributed by atoms with Gasteiger partial charge in [0, 0.05) is 6.04 Å². The van der Waals surface area contributed by atoms with Crippen LogP contribution in [0.2, 0.25) is 0 Å². The summed E-state index contributed by atoms with van der Waals surface area (Å²) in [5, 5.41) is 8.31. The van der Waals surface area contributed by atoms with Gasteiger partial charge in [-0.15, -0.1) is 10.2 Å². The largest absolute Gasteiger partial charge is 0.321 e. The summed E-state index contributed by atoms with van der Waals surface area (Å²) in [5.74, 6) is 0.949. The van der Waals surface area contributed by atoms with Gasteiger partial charge in [0.1, 0.15) is 6.33 Å². The second-order valence-corrected chi connectivity index (χ2v) is 6.23. The second kappa shape index (κ2) is 4.77. The van der Waals surface area contributed by atoms with E-state index in [0.717, 1.165) is 5.82 Å². The van der Waals surface area contributed by atoms with E-state index in [-0.39, 0.29) is 11.5 Å². The van der Waals surface area contributed by atoms with E-state index in [9.17, 15) is 0 Å². The average Bonchev–Trinajstić information content (AvgIpc) is 2.76. The Morgan fingerprint density at radius 3 is 2.53 bits per heavy atom. The summed E-state index contributed by atoms with van der Waals surface area (Å²) < 4.78 is 2.22. The van der Waals surface area contributed by atoms with Gasteiger partial charge in [0.15, 0.2) is 5.82 Å². The van der Waals surface area contributed by atoms with E-state index in [1.165, 1.54) is 32.1 Å². The molecule has 0 saturated heterocycles. The summed E-state index contributed by atoms with van der Waals surface area (Å²) in [7, 11) is 0. The smallest absolute Gasteiger partial charge is 0.150 e. The van der Waals surface area contributed by atoms with Gasteiger partial charge >= 0.3 is 0 Å². The molecule has 96 valence electrons. The zero-order valence-electron chi connectivity index (χ0n) is 11.2. The number of rotatable bonds is 2. The summed E-state index contributed by atoms with van der Waals surface area (Å²) >= 11 is 0. The van der Waals surface area contributed by atoms with Crippen molar-refractivity contribution in [3.63, 3.8) is 0 Å². The van der Waals surface area contributed by atoms with E-state index in [0.29, 0.717) is 6.04 Å². The lowest BCUT2D eigenvalue weighted by Crippen LogP contribution is -2.30. The molecule has 0 aromatic carbocycles. The van der Waals surface area contributed by atoms with Gasteiger partial charge in [-0.1, -0.05) is 40.0 Å². The van der Waals surface area contributed by atoms with Crippen molar-refractivity contribution in [3.8, 4) is 0 Å². The highest BCUT2D eigenvalue weighted by molar-refractivity contribution is 5.01. The molecular formula is C13H24N4. The first-order valence-corrected chi connectivity index (χ1v) is 6.65. The first-order chi connectivity index (χ1) is 8.00. The van der Waals surface area contributed by atoms with Crippen molar-refractivity contribution in [2.75, 3.05) is 0 Å². The van der Waals surface area contributed by atoms with Gasteiger partial charge in [-0.25, -0.2) is 0 Å². The minimum Gasteiger partial charge on any atom is -0.321 e. The van der Waals surface area contributed by atoms with Crippen molar-refractivity contribution in [2.45, 2.75) is 65.0 Å². The highest BCUT2D eigenvalue weighted by atomic mass is 15.3. The van der Waals surface area contributed by atoms with Crippen molar-refractivity contribution in [1.82, 2.24) is 14.8 Å². The van der Waals surface area contributed by atoms with Crippen LogP contribution in [0.4, 0.5) is 0 Å². The lowest BCUT2D eigenvalue weighted by molar-refractivity contribution is 0.283. The molecule has 1 aromatic heterocycles. The fourth-order valence-corrected chi connectivity index (χ4v) is 2.50. The molecule has 1 aromatic rings. The van der Waals surface area contributed by atoms with Crippen LogP contribution in [0.15, 0.2) is 6.33 Å². The maximum absolute atomic E-state index is 6.30. The molecule has 1 unspecified atom stereocenters. The predicted octanol–water partition coefficient (Wildman–Crippen LogP) is 2.83. The van der Waals surface area contributed by atoms with E-state index in [1.807, 2.05) is 6.33 Å². The zero-order valence-corrected chi connectivity index (χ0v) is 11.2. The van der Waals surface area contributed by atoms with Crippen LogP contribution >= 0.6 is 0 Å². The first kappa shape index (κ1) is 12.6. The maximum atomic E-state index is 6.30. The molecule has 0 amide bonds. The first-order valence-electron chi connectivity index (χ1n) is 6.65. The number of nitrogens with zero attached hydrogens (tertiary/aromatic N) is 3. The van der Waals surface area contributed by atoms with E-state index >= 15 is 0 Å². The van der Waals surface area contributed by atoms with Crippen LogP contribution in [-0.4, -0.2) is 14.8 Å². The van der Waals surface area contributed by atoms with Gasteiger partial charge in [0.2, 0.25) is 0 Å². The molecule has 1 heterocycles. The monoisotopic (exact) mass is 236 g/mol. The zero-order chi connectivity index (χ0) is 12.5. The highest BCUT2D eigenvalue weighted by Crippen LogP contribution is 2.34. The molecule has 4 heteroatoms. The van der Waals surface area contributed by atoms with Gasteiger partial charge in [-0.2, -0.15) is 0 Å². The second-order valence-electron chi connectivity index (χ2n) is 6.23. The molecule has 0 radical (unpaired) electrons. The van der Waals surface area contributed by atoms with Crippen molar-refractivity contribution in [2.24, 2.45) is 11.1 Å². The third-order valence-corrected chi connectivity index (χ3v) is 3.78. The Morgan fingerprint density at radius 1 is 1.29 bits per heavy atom. The van der Waals surface area contributed by atoms with Crippen molar-refractivity contribution >= 4 is 0 Å². The molecule has 1 saturated carbocycles. The van der Waals surface area contributed by atoms with Crippen LogP contribution in [0.5, 0.6) is 0 Å². The molecular weight excluding hydrogens is 212 g/mol. The number of hydrogen-bond donors (Lipinski definition) is 1. The molecule has 1 atom stereocenters.